The van der Waals surface area contributed by atoms with Crippen molar-refractivity contribution in [2.24, 2.45) is 0 Å². The van der Waals surface area contributed by atoms with Crippen molar-refractivity contribution >= 4 is 63.0 Å². The van der Waals surface area contributed by atoms with Gasteiger partial charge in [-0.3, -0.25) is 9.59 Å². The van der Waals surface area contributed by atoms with Crippen LogP contribution in [0.2, 0.25) is 10.0 Å². The van der Waals surface area contributed by atoms with Crippen LogP contribution < -0.4 is 10.6 Å². The molecular weight excluding hydrogens is 478 g/mol. The van der Waals surface area contributed by atoms with Gasteiger partial charge in [0.1, 0.15) is 10.8 Å². The molecule has 0 radical (unpaired) electrons. The lowest BCUT2D eigenvalue weighted by molar-refractivity contribution is 0.0527. The van der Waals surface area contributed by atoms with Crippen molar-refractivity contribution in [3.8, 4) is 0 Å². The molecule has 1 heterocycles. The number of hydrogen-bond acceptors (Lipinski definition) is 5. The minimum Gasteiger partial charge on any atom is -0.462 e. The van der Waals surface area contributed by atoms with Gasteiger partial charge in [-0.05, 0) is 55.8 Å². The van der Waals surface area contributed by atoms with Crippen LogP contribution in [0.1, 0.15) is 42.9 Å². The predicted octanol–water partition coefficient (Wildman–Crippen LogP) is 6.18. The molecule has 2 amide bonds. The van der Waals surface area contributed by atoms with Gasteiger partial charge in [0.2, 0.25) is 0 Å². The van der Waals surface area contributed by atoms with Gasteiger partial charge in [-0.2, -0.15) is 0 Å². The van der Waals surface area contributed by atoms with E-state index in [1.54, 1.807) is 19.9 Å². The van der Waals surface area contributed by atoms with Crippen molar-refractivity contribution in [3.63, 3.8) is 0 Å². The standard InChI is InChI=1S/C22H17Cl2FN2O4S/c1-3-31-22(30)17-11(2)18(20(29)26-16-10-13(23)7-8-15(16)24)32-21(17)27-19(28)12-5-4-6-14(25)9-12/h4-10H,3H2,1-2H3,(H,26,29)(H,27,28). The molecule has 3 rings (SSSR count). The predicted molar refractivity (Wildman–Crippen MR) is 124 cm³/mol. The van der Waals surface area contributed by atoms with Gasteiger partial charge in [-0.15, -0.1) is 11.3 Å². The molecule has 0 aliphatic carbocycles. The van der Waals surface area contributed by atoms with E-state index in [2.05, 4.69) is 10.6 Å². The Bertz CT molecular complexity index is 1210. The highest BCUT2D eigenvalue weighted by atomic mass is 35.5. The van der Waals surface area contributed by atoms with Crippen LogP contribution in [0, 0.1) is 12.7 Å². The zero-order valence-corrected chi connectivity index (χ0v) is 19.3. The molecule has 0 saturated carbocycles. The van der Waals surface area contributed by atoms with Crippen LogP contribution in [-0.4, -0.2) is 24.4 Å². The highest BCUT2D eigenvalue weighted by Crippen LogP contribution is 2.35. The summed E-state index contributed by atoms with van der Waals surface area (Å²) in [6.07, 6.45) is 0. The van der Waals surface area contributed by atoms with Crippen molar-refractivity contribution < 1.29 is 23.5 Å². The Kier molecular flexibility index (Phi) is 7.50. The topological polar surface area (TPSA) is 84.5 Å². The van der Waals surface area contributed by atoms with Gasteiger partial charge in [-0.25, -0.2) is 9.18 Å². The molecule has 1 aromatic heterocycles. The Labute approximate surface area is 197 Å². The fourth-order valence-electron chi connectivity index (χ4n) is 2.84. The molecule has 0 atom stereocenters. The second-order valence-electron chi connectivity index (χ2n) is 6.52. The molecule has 0 saturated heterocycles. The number of anilines is 2. The van der Waals surface area contributed by atoms with Gasteiger partial charge in [-0.1, -0.05) is 29.3 Å². The highest BCUT2D eigenvalue weighted by Gasteiger charge is 2.27. The third-order valence-corrected chi connectivity index (χ3v) is 6.09. The lowest BCUT2D eigenvalue weighted by Gasteiger charge is -2.08. The largest absolute Gasteiger partial charge is 0.462 e. The van der Waals surface area contributed by atoms with Gasteiger partial charge in [0, 0.05) is 10.6 Å². The molecule has 166 valence electrons. The first-order valence-electron chi connectivity index (χ1n) is 9.35. The molecule has 2 N–H and O–H groups in total. The maximum atomic E-state index is 13.5. The molecule has 3 aromatic rings. The first kappa shape index (κ1) is 23.7. The summed E-state index contributed by atoms with van der Waals surface area (Å²) in [7, 11) is 0. The van der Waals surface area contributed by atoms with E-state index in [0.29, 0.717) is 16.3 Å². The van der Waals surface area contributed by atoms with Gasteiger partial charge in [0.05, 0.1) is 27.8 Å². The Morgan fingerprint density at radius 2 is 1.81 bits per heavy atom. The number of thiophene rings is 1. The number of esters is 1. The minimum absolute atomic E-state index is 0.0453. The number of amides is 2. The Morgan fingerprint density at radius 1 is 1.06 bits per heavy atom. The molecule has 0 fully saturated rings. The fraction of sp³-hybridized carbons (Fsp3) is 0.136. The number of ether oxygens (including phenoxy) is 1. The number of carbonyl (C=O) groups excluding carboxylic acids is 3. The SMILES string of the molecule is CCOC(=O)c1c(NC(=O)c2cccc(F)c2)sc(C(=O)Nc2cc(Cl)ccc2Cl)c1C. The number of carbonyl (C=O) groups is 3. The van der Waals surface area contributed by atoms with E-state index < -0.39 is 23.6 Å². The summed E-state index contributed by atoms with van der Waals surface area (Å²) in [5.74, 6) is -2.46. The second kappa shape index (κ2) is 10.1. The van der Waals surface area contributed by atoms with Crippen LogP contribution in [-0.2, 0) is 4.74 Å². The molecule has 0 aliphatic heterocycles. The summed E-state index contributed by atoms with van der Waals surface area (Å²) in [6, 6.07) is 9.70. The smallest absolute Gasteiger partial charge is 0.341 e. The Hall–Kier alpha value is -2.94. The maximum Gasteiger partial charge on any atom is 0.341 e. The molecule has 10 heteroatoms. The number of benzene rings is 2. The summed E-state index contributed by atoms with van der Waals surface area (Å²) < 4.78 is 18.6. The summed E-state index contributed by atoms with van der Waals surface area (Å²) in [5.41, 5.74) is 0.713. The Morgan fingerprint density at radius 3 is 2.50 bits per heavy atom. The number of rotatable bonds is 6. The molecule has 0 aliphatic rings. The maximum absolute atomic E-state index is 13.5. The van der Waals surface area contributed by atoms with Crippen molar-refractivity contribution in [1.29, 1.82) is 0 Å². The van der Waals surface area contributed by atoms with Crippen LogP contribution in [0.5, 0.6) is 0 Å². The summed E-state index contributed by atoms with van der Waals surface area (Å²) >= 11 is 13.0. The lowest BCUT2D eigenvalue weighted by atomic mass is 10.1. The van der Waals surface area contributed by atoms with Gasteiger partial charge < -0.3 is 15.4 Å². The highest BCUT2D eigenvalue weighted by molar-refractivity contribution is 7.19. The molecule has 0 spiro atoms. The van der Waals surface area contributed by atoms with Gasteiger partial charge >= 0.3 is 5.97 Å². The summed E-state index contributed by atoms with van der Waals surface area (Å²) in [6.45, 7) is 3.31. The first-order valence-corrected chi connectivity index (χ1v) is 10.9. The number of hydrogen-bond donors (Lipinski definition) is 2. The minimum atomic E-state index is -0.698. The van der Waals surface area contributed by atoms with E-state index >= 15 is 0 Å². The van der Waals surface area contributed by atoms with E-state index in [1.807, 2.05) is 0 Å². The van der Waals surface area contributed by atoms with Gasteiger partial charge in [0.15, 0.2) is 0 Å². The zero-order chi connectivity index (χ0) is 23.4. The van der Waals surface area contributed by atoms with Crippen molar-refractivity contribution in [1.82, 2.24) is 0 Å². The molecule has 6 nitrogen and oxygen atoms in total. The van der Waals surface area contributed by atoms with Gasteiger partial charge in [0.25, 0.3) is 11.8 Å². The third-order valence-electron chi connectivity index (χ3n) is 4.32. The van der Waals surface area contributed by atoms with Crippen LogP contribution in [0.4, 0.5) is 15.1 Å². The first-order chi connectivity index (χ1) is 15.2. The van der Waals surface area contributed by atoms with Crippen molar-refractivity contribution in [3.05, 3.63) is 79.9 Å². The molecular formula is C22H17Cl2FN2O4S. The average Bonchev–Trinajstić information content (AvgIpc) is 3.06. The zero-order valence-electron chi connectivity index (χ0n) is 16.9. The Balaban J connectivity index is 1.97. The molecule has 32 heavy (non-hydrogen) atoms. The monoisotopic (exact) mass is 494 g/mol. The van der Waals surface area contributed by atoms with Crippen molar-refractivity contribution in [2.45, 2.75) is 13.8 Å². The van der Waals surface area contributed by atoms with Crippen LogP contribution in [0.3, 0.4) is 0 Å². The molecule has 0 bridgehead atoms. The quantitative estimate of drug-likeness (QED) is 0.400. The lowest BCUT2D eigenvalue weighted by Crippen LogP contribution is -2.15. The van der Waals surface area contributed by atoms with E-state index in [0.717, 1.165) is 17.4 Å². The number of halogens is 3. The van der Waals surface area contributed by atoms with E-state index in [1.165, 1.54) is 30.3 Å². The van der Waals surface area contributed by atoms with Crippen LogP contribution in [0.15, 0.2) is 42.5 Å². The fourth-order valence-corrected chi connectivity index (χ4v) is 4.27. The van der Waals surface area contributed by atoms with Crippen LogP contribution >= 0.6 is 34.5 Å². The second-order valence-corrected chi connectivity index (χ2v) is 8.39. The molecule has 2 aromatic carbocycles. The van der Waals surface area contributed by atoms with E-state index in [9.17, 15) is 18.8 Å². The summed E-state index contributed by atoms with van der Waals surface area (Å²) in [5, 5.41) is 6.00. The van der Waals surface area contributed by atoms with E-state index in [4.69, 9.17) is 27.9 Å². The van der Waals surface area contributed by atoms with Crippen LogP contribution in [0.25, 0.3) is 0 Å². The molecule has 0 unspecified atom stereocenters. The average molecular weight is 495 g/mol. The summed E-state index contributed by atoms with van der Waals surface area (Å²) in [4.78, 5) is 38.3. The van der Waals surface area contributed by atoms with E-state index in [-0.39, 0.29) is 32.6 Å². The third kappa shape index (κ3) is 5.27. The normalized spacial score (nSPS) is 10.5. The number of nitrogens with one attached hydrogen (secondary N) is 2. The van der Waals surface area contributed by atoms with Crippen molar-refractivity contribution in [2.75, 3.05) is 17.2 Å².